The number of hydrogen-bond acceptors (Lipinski definition) is 2. The van der Waals surface area contributed by atoms with E-state index in [-0.39, 0.29) is 0 Å². The SMILES string of the molecule is Cn1nc(-c2ccccc2Br)nc1Cl. The van der Waals surface area contributed by atoms with Gasteiger partial charge in [0.05, 0.1) is 0 Å². The van der Waals surface area contributed by atoms with E-state index in [1.54, 1.807) is 7.05 Å². The van der Waals surface area contributed by atoms with E-state index in [0.717, 1.165) is 10.0 Å². The maximum Gasteiger partial charge on any atom is 0.221 e. The zero-order valence-corrected chi connectivity index (χ0v) is 9.75. The van der Waals surface area contributed by atoms with Crippen LogP contribution in [0, 0.1) is 0 Å². The predicted octanol–water partition coefficient (Wildman–Crippen LogP) is 2.90. The normalized spacial score (nSPS) is 10.5. The van der Waals surface area contributed by atoms with Gasteiger partial charge in [-0.05, 0) is 23.7 Å². The Labute approximate surface area is 94.9 Å². The van der Waals surface area contributed by atoms with Crippen LogP contribution < -0.4 is 0 Å². The van der Waals surface area contributed by atoms with E-state index in [1.807, 2.05) is 24.3 Å². The second kappa shape index (κ2) is 3.71. The van der Waals surface area contributed by atoms with Crippen LogP contribution in [0.1, 0.15) is 0 Å². The first-order valence-electron chi connectivity index (χ1n) is 4.00. The van der Waals surface area contributed by atoms with Gasteiger partial charge in [-0.2, -0.15) is 4.98 Å². The third-order valence-electron chi connectivity index (χ3n) is 1.82. The molecular weight excluding hydrogens is 265 g/mol. The summed E-state index contributed by atoms with van der Waals surface area (Å²) in [5.74, 6) is 0.630. The third-order valence-corrected chi connectivity index (χ3v) is 2.85. The summed E-state index contributed by atoms with van der Waals surface area (Å²) in [6.07, 6.45) is 0. The lowest BCUT2D eigenvalue weighted by Crippen LogP contribution is -1.89. The highest BCUT2D eigenvalue weighted by molar-refractivity contribution is 9.10. The summed E-state index contributed by atoms with van der Waals surface area (Å²) in [7, 11) is 1.76. The molecule has 1 aromatic carbocycles. The topological polar surface area (TPSA) is 30.7 Å². The molecule has 0 spiro atoms. The largest absolute Gasteiger partial charge is 0.239 e. The van der Waals surface area contributed by atoms with Crippen LogP contribution >= 0.6 is 27.5 Å². The van der Waals surface area contributed by atoms with Crippen molar-refractivity contribution < 1.29 is 0 Å². The van der Waals surface area contributed by atoms with Crippen LogP contribution in [0.5, 0.6) is 0 Å². The molecule has 1 aromatic heterocycles. The average Bonchev–Trinajstić information content (AvgIpc) is 2.48. The van der Waals surface area contributed by atoms with Crippen LogP contribution in [0.4, 0.5) is 0 Å². The molecule has 0 atom stereocenters. The highest BCUT2D eigenvalue weighted by atomic mass is 79.9. The summed E-state index contributed by atoms with van der Waals surface area (Å²) in [6.45, 7) is 0. The zero-order chi connectivity index (χ0) is 10.1. The van der Waals surface area contributed by atoms with Crippen molar-refractivity contribution in [1.29, 1.82) is 0 Å². The average molecular weight is 273 g/mol. The summed E-state index contributed by atoms with van der Waals surface area (Å²) in [5.41, 5.74) is 0.940. The molecule has 0 radical (unpaired) electrons. The molecule has 0 aliphatic carbocycles. The first-order chi connectivity index (χ1) is 6.68. The number of nitrogens with zero attached hydrogens (tertiary/aromatic N) is 3. The van der Waals surface area contributed by atoms with Crippen molar-refractivity contribution in [3.8, 4) is 11.4 Å². The Hall–Kier alpha value is -0.870. The second-order valence-corrected chi connectivity index (χ2v) is 4.00. The Bertz CT molecular complexity index is 447. The molecule has 0 N–H and O–H groups in total. The van der Waals surface area contributed by atoms with E-state index < -0.39 is 0 Å². The molecule has 14 heavy (non-hydrogen) atoms. The molecule has 5 heteroatoms. The van der Waals surface area contributed by atoms with Crippen LogP contribution in [0.3, 0.4) is 0 Å². The van der Waals surface area contributed by atoms with Gasteiger partial charge in [-0.15, -0.1) is 5.10 Å². The van der Waals surface area contributed by atoms with Gasteiger partial charge in [-0.1, -0.05) is 28.1 Å². The number of aromatic nitrogens is 3. The number of aryl methyl sites for hydroxylation is 1. The first-order valence-corrected chi connectivity index (χ1v) is 5.17. The van der Waals surface area contributed by atoms with E-state index in [4.69, 9.17) is 11.6 Å². The van der Waals surface area contributed by atoms with Gasteiger partial charge in [0.2, 0.25) is 5.28 Å². The summed E-state index contributed by atoms with van der Waals surface area (Å²) in [5, 5.41) is 4.57. The smallest absolute Gasteiger partial charge is 0.221 e. The molecule has 0 aliphatic heterocycles. The summed E-state index contributed by atoms with van der Waals surface area (Å²) < 4.78 is 2.50. The maximum atomic E-state index is 5.81. The Balaban J connectivity index is 2.55. The molecule has 0 bridgehead atoms. The lowest BCUT2D eigenvalue weighted by molar-refractivity contribution is 0.769. The van der Waals surface area contributed by atoms with E-state index in [2.05, 4.69) is 26.0 Å². The molecule has 2 aromatic rings. The lowest BCUT2D eigenvalue weighted by atomic mass is 10.2. The summed E-state index contributed by atoms with van der Waals surface area (Å²) in [6, 6.07) is 7.76. The molecule has 72 valence electrons. The molecule has 0 unspecified atom stereocenters. The van der Waals surface area contributed by atoms with Crippen molar-refractivity contribution >= 4 is 27.5 Å². The fourth-order valence-electron chi connectivity index (χ4n) is 1.12. The van der Waals surface area contributed by atoms with E-state index in [9.17, 15) is 0 Å². The Morgan fingerprint density at radius 1 is 1.36 bits per heavy atom. The maximum absolute atomic E-state index is 5.81. The van der Waals surface area contributed by atoms with Crippen LogP contribution in [0.25, 0.3) is 11.4 Å². The van der Waals surface area contributed by atoms with Crippen molar-refractivity contribution in [2.75, 3.05) is 0 Å². The zero-order valence-electron chi connectivity index (χ0n) is 7.41. The van der Waals surface area contributed by atoms with Gasteiger partial charge in [-0.3, -0.25) is 0 Å². The molecule has 0 fully saturated rings. The first kappa shape index (κ1) is 9.68. The molecule has 3 nitrogen and oxygen atoms in total. The number of hydrogen-bond donors (Lipinski definition) is 0. The fraction of sp³-hybridized carbons (Fsp3) is 0.111. The van der Waals surface area contributed by atoms with Crippen molar-refractivity contribution in [2.24, 2.45) is 7.05 Å². The van der Waals surface area contributed by atoms with Gasteiger partial charge >= 0.3 is 0 Å². The standard InChI is InChI=1S/C9H7BrClN3/c1-14-9(11)12-8(13-14)6-4-2-3-5-7(6)10/h2-5H,1H3. The highest BCUT2D eigenvalue weighted by Gasteiger charge is 2.09. The third kappa shape index (κ3) is 1.67. The molecular formula is C9H7BrClN3. The van der Waals surface area contributed by atoms with E-state index in [1.165, 1.54) is 4.68 Å². The number of benzene rings is 1. The van der Waals surface area contributed by atoms with Gasteiger partial charge in [0.25, 0.3) is 0 Å². The van der Waals surface area contributed by atoms with Crippen LogP contribution in [-0.2, 0) is 7.05 Å². The van der Waals surface area contributed by atoms with E-state index >= 15 is 0 Å². The van der Waals surface area contributed by atoms with Crippen LogP contribution in [0.15, 0.2) is 28.7 Å². The molecule has 0 amide bonds. The van der Waals surface area contributed by atoms with Gasteiger partial charge in [0, 0.05) is 17.1 Å². The lowest BCUT2D eigenvalue weighted by Gasteiger charge is -1.97. The summed E-state index contributed by atoms with van der Waals surface area (Å²) in [4.78, 5) is 4.13. The van der Waals surface area contributed by atoms with Gasteiger partial charge in [0.1, 0.15) is 0 Å². The van der Waals surface area contributed by atoms with Crippen LogP contribution in [0.2, 0.25) is 5.28 Å². The second-order valence-electron chi connectivity index (χ2n) is 2.81. The van der Waals surface area contributed by atoms with Gasteiger partial charge in [-0.25, -0.2) is 4.68 Å². The Morgan fingerprint density at radius 2 is 2.07 bits per heavy atom. The minimum absolute atomic E-state index is 0.385. The number of rotatable bonds is 1. The number of halogens is 2. The van der Waals surface area contributed by atoms with Gasteiger partial charge < -0.3 is 0 Å². The Morgan fingerprint density at radius 3 is 2.64 bits per heavy atom. The Kier molecular flexibility index (Phi) is 2.56. The van der Waals surface area contributed by atoms with Crippen molar-refractivity contribution in [3.63, 3.8) is 0 Å². The predicted molar refractivity (Wildman–Crippen MR) is 59.1 cm³/mol. The van der Waals surface area contributed by atoms with E-state index in [0.29, 0.717) is 11.1 Å². The van der Waals surface area contributed by atoms with Gasteiger partial charge in [0.15, 0.2) is 5.82 Å². The van der Waals surface area contributed by atoms with Crippen molar-refractivity contribution in [3.05, 3.63) is 34.0 Å². The molecule has 0 saturated heterocycles. The summed E-state index contributed by atoms with van der Waals surface area (Å²) >= 11 is 9.24. The van der Waals surface area contributed by atoms with Crippen LogP contribution in [-0.4, -0.2) is 14.8 Å². The monoisotopic (exact) mass is 271 g/mol. The van der Waals surface area contributed by atoms with Crippen molar-refractivity contribution in [1.82, 2.24) is 14.8 Å². The molecule has 0 aliphatic rings. The molecule has 0 saturated carbocycles. The minimum Gasteiger partial charge on any atom is -0.239 e. The fourth-order valence-corrected chi connectivity index (χ4v) is 1.70. The van der Waals surface area contributed by atoms with Crippen molar-refractivity contribution in [2.45, 2.75) is 0 Å². The quantitative estimate of drug-likeness (QED) is 0.799. The minimum atomic E-state index is 0.385. The highest BCUT2D eigenvalue weighted by Crippen LogP contribution is 2.25. The molecule has 2 rings (SSSR count). The molecule has 1 heterocycles.